The molecule has 0 bridgehead atoms. The van der Waals surface area contributed by atoms with E-state index in [-0.39, 0.29) is 10.9 Å². The fourth-order valence-corrected chi connectivity index (χ4v) is 5.44. The third-order valence-electron chi connectivity index (χ3n) is 5.93. The monoisotopic (exact) mass is 470 g/mol. The first-order chi connectivity index (χ1) is 15.9. The van der Waals surface area contributed by atoms with E-state index in [1.807, 2.05) is 18.2 Å². The number of rotatable bonds is 6. The SMILES string of the molecule is N#Cc1cc2cc(CN[C@@H]3CC[C@@H](Nc4ncnc5sc(CC(F)(F)F)cc45)C3)ccc2[nH]1. The van der Waals surface area contributed by atoms with Crippen molar-refractivity contribution in [2.75, 3.05) is 5.32 Å². The molecular formula is C23H21F3N6S. The van der Waals surface area contributed by atoms with Gasteiger partial charge in [-0.2, -0.15) is 18.4 Å². The number of hydrogen-bond donors (Lipinski definition) is 3. The van der Waals surface area contributed by atoms with Gasteiger partial charge in [0.15, 0.2) is 0 Å². The normalized spacial score (nSPS) is 18.7. The lowest BCUT2D eigenvalue weighted by atomic mass is 10.1. The molecule has 6 nitrogen and oxygen atoms in total. The lowest BCUT2D eigenvalue weighted by molar-refractivity contribution is -0.126. The molecule has 0 spiro atoms. The number of thiophene rings is 1. The quantitative estimate of drug-likeness (QED) is 0.357. The molecule has 170 valence electrons. The van der Waals surface area contributed by atoms with E-state index in [1.165, 1.54) is 6.33 Å². The van der Waals surface area contributed by atoms with Crippen LogP contribution >= 0.6 is 11.3 Å². The molecule has 0 saturated heterocycles. The van der Waals surface area contributed by atoms with Crippen molar-refractivity contribution in [1.82, 2.24) is 20.3 Å². The number of aromatic amines is 1. The molecule has 10 heteroatoms. The number of alkyl halides is 3. The number of halogens is 3. The molecule has 33 heavy (non-hydrogen) atoms. The third-order valence-corrected chi connectivity index (χ3v) is 6.97. The molecule has 0 amide bonds. The van der Waals surface area contributed by atoms with Crippen LogP contribution in [-0.4, -0.2) is 33.2 Å². The Morgan fingerprint density at radius 3 is 2.82 bits per heavy atom. The second-order valence-corrected chi connectivity index (χ2v) is 9.51. The van der Waals surface area contributed by atoms with Crippen molar-refractivity contribution < 1.29 is 13.2 Å². The first kappa shape index (κ1) is 21.7. The van der Waals surface area contributed by atoms with Gasteiger partial charge in [-0.25, -0.2) is 9.97 Å². The van der Waals surface area contributed by atoms with Crippen LogP contribution in [-0.2, 0) is 13.0 Å². The Balaban J connectivity index is 1.20. The average Bonchev–Trinajstić information content (AvgIpc) is 3.48. The van der Waals surface area contributed by atoms with Crippen LogP contribution in [0.15, 0.2) is 36.7 Å². The Morgan fingerprint density at radius 2 is 2.00 bits per heavy atom. The zero-order chi connectivity index (χ0) is 23.0. The largest absolute Gasteiger partial charge is 0.393 e. The van der Waals surface area contributed by atoms with E-state index in [4.69, 9.17) is 5.26 Å². The Bertz CT molecular complexity index is 1340. The third kappa shape index (κ3) is 4.94. The predicted molar refractivity (Wildman–Crippen MR) is 122 cm³/mol. The van der Waals surface area contributed by atoms with Crippen LogP contribution in [0.5, 0.6) is 0 Å². The lowest BCUT2D eigenvalue weighted by Crippen LogP contribution is -2.27. The Labute approximate surface area is 191 Å². The summed E-state index contributed by atoms with van der Waals surface area (Å²) in [7, 11) is 0. The molecule has 3 aromatic heterocycles. The number of fused-ring (bicyclic) bond motifs is 2. The number of nitrogens with zero attached hydrogens (tertiary/aromatic N) is 3. The summed E-state index contributed by atoms with van der Waals surface area (Å²) in [6.07, 6.45) is -0.940. The van der Waals surface area contributed by atoms with Crippen molar-refractivity contribution in [2.45, 2.75) is 50.5 Å². The number of aromatic nitrogens is 3. The highest BCUT2D eigenvalue weighted by Gasteiger charge is 2.29. The summed E-state index contributed by atoms with van der Waals surface area (Å²) in [5, 5.41) is 17.7. The van der Waals surface area contributed by atoms with Crippen LogP contribution in [0.25, 0.3) is 21.1 Å². The highest BCUT2D eigenvalue weighted by Crippen LogP contribution is 2.33. The summed E-state index contributed by atoms with van der Waals surface area (Å²) >= 11 is 1.06. The topological polar surface area (TPSA) is 89.4 Å². The van der Waals surface area contributed by atoms with Crippen molar-refractivity contribution in [1.29, 1.82) is 5.26 Å². The number of nitriles is 1. The number of benzene rings is 1. The summed E-state index contributed by atoms with van der Waals surface area (Å²) in [6, 6.07) is 12.2. The standard InChI is InChI=1S/C23H21F3N6S/c24-23(25,26)9-18-8-19-21(29-12-30-22(19)33-18)32-16-3-2-15(7-16)28-11-13-1-4-20-14(5-13)6-17(10-27)31-20/h1,4-6,8,12,15-16,28,31H,2-3,7,9,11H2,(H,29,30,32)/t15-,16-/m1/s1. The molecule has 0 aliphatic heterocycles. The zero-order valence-corrected chi connectivity index (χ0v) is 18.4. The van der Waals surface area contributed by atoms with Crippen molar-refractivity contribution in [2.24, 2.45) is 0 Å². The molecule has 1 aliphatic carbocycles. The molecule has 2 atom stereocenters. The number of hydrogen-bond acceptors (Lipinski definition) is 6. The van der Waals surface area contributed by atoms with Gasteiger partial charge < -0.3 is 15.6 Å². The second-order valence-electron chi connectivity index (χ2n) is 8.39. The van der Waals surface area contributed by atoms with Crippen LogP contribution in [0.4, 0.5) is 19.0 Å². The zero-order valence-electron chi connectivity index (χ0n) is 17.5. The molecule has 3 N–H and O–H groups in total. The van der Waals surface area contributed by atoms with Crippen molar-refractivity contribution >= 4 is 38.3 Å². The lowest BCUT2D eigenvalue weighted by Gasteiger charge is -2.15. The summed E-state index contributed by atoms with van der Waals surface area (Å²) in [5.74, 6) is 0.599. The van der Waals surface area contributed by atoms with E-state index < -0.39 is 12.6 Å². The first-order valence-electron chi connectivity index (χ1n) is 10.7. The van der Waals surface area contributed by atoms with Crippen molar-refractivity contribution in [3.05, 3.63) is 52.8 Å². The van der Waals surface area contributed by atoms with Gasteiger partial charge in [0.2, 0.25) is 0 Å². The number of H-pyrrole nitrogens is 1. The van der Waals surface area contributed by atoms with E-state index in [0.717, 1.165) is 53.6 Å². The smallest absolute Gasteiger partial charge is 0.367 e. The van der Waals surface area contributed by atoms with Crippen LogP contribution < -0.4 is 10.6 Å². The van der Waals surface area contributed by atoms with Gasteiger partial charge in [0.05, 0.1) is 11.8 Å². The fraction of sp³-hybridized carbons (Fsp3) is 0.348. The van der Waals surface area contributed by atoms with E-state index in [0.29, 0.717) is 27.8 Å². The summed E-state index contributed by atoms with van der Waals surface area (Å²) in [6.45, 7) is 0.726. The van der Waals surface area contributed by atoms with Crippen molar-refractivity contribution in [3.63, 3.8) is 0 Å². The Hall–Kier alpha value is -3.16. The van der Waals surface area contributed by atoms with Gasteiger partial charge in [-0.05, 0) is 49.1 Å². The molecule has 4 aromatic rings. The highest BCUT2D eigenvalue weighted by molar-refractivity contribution is 7.18. The Kier molecular flexibility index (Phi) is 5.68. The van der Waals surface area contributed by atoms with E-state index in [1.54, 1.807) is 6.07 Å². The summed E-state index contributed by atoms with van der Waals surface area (Å²) in [5.41, 5.74) is 2.65. The molecule has 0 radical (unpaired) electrons. The van der Waals surface area contributed by atoms with Gasteiger partial charge in [-0.3, -0.25) is 0 Å². The van der Waals surface area contributed by atoms with Gasteiger partial charge in [-0.15, -0.1) is 11.3 Å². The maximum Gasteiger partial charge on any atom is 0.393 e. The van der Waals surface area contributed by atoms with E-state index >= 15 is 0 Å². The molecule has 1 aliphatic rings. The number of nitrogens with one attached hydrogen (secondary N) is 3. The van der Waals surface area contributed by atoms with Gasteiger partial charge >= 0.3 is 6.18 Å². The van der Waals surface area contributed by atoms with E-state index in [9.17, 15) is 13.2 Å². The molecule has 1 fully saturated rings. The molecule has 1 saturated carbocycles. The van der Waals surface area contributed by atoms with Crippen LogP contribution in [0.1, 0.15) is 35.4 Å². The molecule has 5 rings (SSSR count). The predicted octanol–water partition coefficient (Wildman–Crippen LogP) is 5.27. The fourth-order valence-electron chi connectivity index (χ4n) is 4.41. The van der Waals surface area contributed by atoms with Gasteiger partial charge in [-0.1, -0.05) is 6.07 Å². The maximum atomic E-state index is 12.8. The maximum absolute atomic E-state index is 12.8. The second kappa shape index (κ2) is 8.65. The first-order valence-corrected chi connectivity index (χ1v) is 11.5. The van der Waals surface area contributed by atoms with E-state index in [2.05, 4.69) is 37.7 Å². The molecule has 1 aromatic carbocycles. The summed E-state index contributed by atoms with van der Waals surface area (Å²) < 4.78 is 38.3. The van der Waals surface area contributed by atoms with Gasteiger partial charge in [0.25, 0.3) is 0 Å². The van der Waals surface area contributed by atoms with Crippen molar-refractivity contribution in [3.8, 4) is 6.07 Å². The van der Waals surface area contributed by atoms with Crippen LogP contribution in [0, 0.1) is 11.3 Å². The Morgan fingerprint density at radius 1 is 1.15 bits per heavy atom. The van der Waals surface area contributed by atoms with Gasteiger partial charge in [0, 0.05) is 34.4 Å². The summed E-state index contributed by atoms with van der Waals surface area (Å²) in [4.78, 5) is 12.3. The average molecular weight is 471 g/mol. The van der Waals surface area contributed by atoms with Crippen LogP contribution in [0.2, 0.25) is 0 Å². The van der Waals surface area contributed by atoms with Crippen LogP contribution in [0.3, 0.4) is 0 Å². The minimum Gasteiger partial charge on any atom is -0.367 e. The number of anilines is 1. The van der Waals surface area contributed by atoms with Gasteiger partial charge in [0.1, 0.15) is 28.7 Å². The molecule has 0 unspecified atom stereocenters. The molecule has 3 heterocycles. The molecular weight excluding hydrogens is 449 g/mol. The highest BCUT2D eigenvalue weighted by atomic mass is 32.1. The minimum atomic E-state index is -4.24. The minimum absolute atomic E-state index is 0.192.